The summed E-state index contributed by atoms with van der Waals surface area (Å²) in [5.74, 6) is -0.383. The Labute approximate surface area is 186 Å². The molecule has 4 aromatic rings. The SMILES string of the molecule is CCc1ccc(-c2csc3ncn(CC(=O)Nc4ccc(Cl)cc4Cl)c(=O)c23)cc1. The summed E-state index contributed by atoms with van der Waals surface area (Å²) in [6, 6.07) is 12.9. The number of benzene rings is 2. The molecule has 2 heterocycles. The normalized spacial score (nSPS) is 11.0. The van der Waals surface area contributed by atoms with Crippen LogP contribution in [-0.2, 0) is 17.8 Å². The number of amides is 1. The van der Waals surface area contributed by atoms with Crippen molar-refractivity contribution >= 4 is 56.3 Å². The van der Waals surface area contributed by atoms with Crippen LogP contribution in [0.25, 0.3) is 21.3 Å². The summed E-state index contributed by atoms with van der Waals surface area (Å²) in [5.41, 5.74) is 3.18. The number of fused-ring (bicyclic) bond motifs is 1. The van der Waals surface area contributed by atoms with Crippen LogP contribution in [0, 0.1) is 0 Å². The van der Waals surface area contributed by atoms with Crippen molar-refractivity contribution in [3.63, 3.8) is 0 Å². The summed E-state index contributed by atoms with van der Waals surface area (Å²) in [4.78, 5) is 30.6. The summed E-state index contributed by atoms with van der Waals surface area (Å²) >= 11 is 13.4. The van der Waals surface area contributed by atoms with Crippen molar-refractivity contribution in [1.29, 1.82) is 0 Å². The minimum atomic E-state index is -0.383. The van der Waals surface area contributed by atoms with Crippen LogP contribution in [-0.4, -0.2) is 15.5 Å². The molecule has 4 rings (SSSR count). The topological polar surface area (TPSA) is 64.0 Å². The second-order valence-electron chi connectivity index (χ2n) is 6.73. The van der Waals surface area contributed by atoms with Crippen LogP contribution in [0.15, 0.2) is 59.0 Å². The predicted molar refractivity (Wildman–Crippen MR) is 124 cm³/mol. The van der Waals surface area contributed by atoms with Crippen LogP contribution in [0.1, 0.15) is 12.5 Å². The average molecular weight is 458 g/mol. The molecule has 0 atom stereocenters. The van der Waals surface area contributed by atoms with Gasteiger partial charge in [-0.1, -0.05) is 54.4 Å². The molecule has 2 aromatic heterocycles. The summed E-state index contributed by atoms with van der Waals surface area (Å²) < 4.78 is 1.30. The largest absolute Gasteiger partial charge is 0.323 e. The highest BCUT2D eigenvalue weighted by Gasteiger charge is 2.15. The molecule has 1 N–H and O–H groups in total. The van der Waals surface area contributed by atoms with Gasteiger partial charge in [-0.25, -0.2) is 4.98 Å². The standard InChI is InChI=1S/C22H17Cl2N3O2S/c1-2-13-3-5-14(6-4-13)16-11-30-21-20(16)22(29)27(12-25-21)10-19(28)26-18-8-7-15(23)9-17(18)24/h3-9,11-12H,2,10H2,1H3,(H,26,28). The minimum Gasteiger partial charge on any atom is -0.323 e. The first kappa shape index (κ1) is 20.6. The Morgan fingerprint density at radius 1 is 1.17 bits per heavy atom. The molecule has 0 aliphatic carbocycles. The smallest absolute Gasteiger partial charge is 0.263 e. The Balaban J connectivity index is 1.64. The molecule has 2 aromatic carbocycles. The monoisotopic (exact) mass is 457 g/mol. The molecule has 0 radical (unpaired) electrons. The van der Waals surface area contributed by atoms with Crippen molar-refractivity contribution in [2.24, 2.45) is 0 Å². The fourth-order valence-corrected chi connectivity index (χ4v) is 4.51. The van der Waals surface area contributed by atoms with Crippen molar-refractivity contribution in [1.82, 2.24) is 9.55 Å². The third-order valence-electron chi connectivity index (χ3n) is 4.75. The van der Waals surface area contributed by atoms with Gasteiger partial charge < -0.3 is 5.32 Å². The summed E-state index contributed by atoms with van der Waals surface area (Å²) in [5, 5.41) is 5.95. The molecular weight excluding hydrogens is 441 g/mol. The van der Waals surface area contributed by atoms with E-state index < -0.39 is 0 Å². The number of rotatable bonds is 5. The molecule has 0 saturated heterocycles. The highest BCUT2D eigenvalue weighted by atomic mass is 35.5. The van der Waals surface area contributed by atoms with Gasteiger partial charge in [0.25, 0.3) is 5.56 Å². The second kappa shape index (κ2) is 8.60. The van der Waals surface area contributed by atoms with E-state index in [1.807, 2.05) is 17.5 Å². The Morgan fingerprint density at radius 3 is 2.63 bits per heavy atom. The highest BCUT2D eigenvalue weighted by molar-refractivity contribution is 7.17. The van der Waals surface area contributed by atoms with Crippen molar-refractivity contribution in [2.45, 2.75) is 19.9 Å². The summed E-state index contributed by atoms with van der Waals surface area (Å²) in [6.07, 6.45) is 2.35. The molecule has 0 saturated carbocycles. The van der Waals surface area contributed by atoms with Gasteiger partial charge in [0.1, 0.15) is 11.4 Å². The molecule has 8 heteroatoms. The number of halogens is 2. The maximum absolute atomic E-state index is 13.1. The lowest BCUT2D eigenvalue weighted by Crippen LogP contribution is -2.27. The number of carbonyl (C=O) groups is 1. The third-order valence-corrected chi connectivity index (χ3v) is 6.19. The first-order valence-electron chi connectivity index (χ1n) is 9.27. The molecule has 0 aliphatic rings. The lowest BCUT2D eigenvalue weighted by atomic mass is 10.0. The van der Waals surface area contributed by atoms with Crippen LogP contribution in [0.4, 0.5) is 5.69 Å². The van der Waals surface area contributed by atoms with Crippen LogP contribution in [0.5, 0.6) is 0 Å². The fraction of sp³-hybridized carbons (Fsp3) is 0.136. The lowest BCUT2D eigenvalue weighted by Gasteiger charge is -2.09. The molecule has 30 heavy (non-hydrogen) atoms. The van der Waals surface area contributed by atoms with E-state index in [0.717, 1.165) is 17.5 Å². The van der Waals surface area contributed by atoms with Gasteiger partial charge in [-0.15, -0.1) is 11.3 Å². The quantitative estimate of drug-likeness (QED) is 0.422. The zero-order valence-electron chi connectivity index (χ0n) is 16.0. The van der Waals surface area contributed by atoms with E-state index in [4.69, 9.17) is 23.2 Å². The van der Waals surface area contributed by atoms with Gasteiger partial charge in [-0.2, -0.15) is 0 Å². The van der Waals surface area contributed by atoms with E-state index >= 15 is 0 Å². The van der Waals surface area contributed by atoms with E-state index in [1.54, 1.807) is 18.2 Å². The van der Waals surface area contributed by atoms with Crippen LogP contribution in [0.3, 0.4) is 0 Å². The number of anilines is 1. The van der Waals surface area contributed by atoms with Gasteiger partial charge >= 0.3 is 0 Å². The highest BCUT2D eigenvalue weighted by Crippen LogP contribution is 2.31. The molecule has 152 valence electrons. The van der Waals surface area contributed by atoms with Crippen LogP contribution >= 0.6 is 34.5 Å². The van der Waals surface area contributed by atoms with Gasteiger partial charge in [0.15, 0.2) is 0 Å². The van der Waals surface area contributed by atoms with Crippen molar-refractivity contribution in [3.8, 4) is 11.1 Å². The third kappa shape index (κ3) is 4.12. The Hall–Kier alpha value is -2.67. The lowest BCUT2D eigenvalue weighted by molar-refractivity contribution is -0.116. The molecule has 0 unspecified atom stereocenters. The molecule has 5 nitrogen and oxygen atoms in total. The average Bonchev–Trinajstić information content (AvgIpc) is 3.17. The van der Waals surface area contributed by atoms with Gasteiger partial charge in [0.05, 0.1) is 22.4 Å². The molecule has 0 bridgehead atoms. The van der Waals surface area contributed by atoms with Gasteiger partial charge in [-0.05, 0) is 35.7 Å². The molecule has 0 spiro atoms. The molecule has 0 fully saturated rings. The Bertz CT molecular complexity index is 1300. The van der Waals surface area contributed by atoms with Gasteiger partial charge in [0, 0.05) is 16.0 Å². The Morgan fingerprint density at radius 2 is 1.93 bits per heavy atom. The van der Waals surface area contributed by atoms with Crippen LogP contribution < -0.4 is 10.9 Å². The number of aryl methyl sites for hydroxylation is 1. The number of aromatic nitrogens is 2. The minimum absolute atomic E-state index is 0.176. The number of hydrogen-bond donors (Lipinski definition) is 1. The van der Waals surface area contributed by atoms with E-state index in [0.29, 0.717) is 25.9 Å². The van der Waals surface area contributed by atoms with E-state index in [-0.39, 0.29) is 18.0 Å². The first-order valence-corrected chi connectivity index (χ1v) is 10.9. The fourth-order valence-electron chi connectivity index (χ4n) is 3.15. The van der Waals surface area contributed by atoms with E-state index in [1.165, 1.54) is 27.8 Å². The number of carbonyl (C=O) groups excluding carboxylic acids is 1. The maximum atomic E-state index is 13.1. The Kier molecular flexibility index (Phi) is 5.90. The second-order valence-corrected chi connectivity index (χ2v) is 8.43. The summed E-state index contributed by atoms with van der Waals surface area (Å²) in [6.45, 7) is 1.92. The number of thiophene rings is 1. The zero-order valence-corrected chi connectivity index (χ0v) is 18.3. The maximum Gasteiger partial charge on any atom is 0.263 e. The van der Waals surface area contributed by atoms with E-state index in [9.17, 15) is 9.59 Å². The zero-order chi connectivity index (χ0) is 21.3. The summed E-state index contributed by atoms with van der Waals surface area (Å²) in [7, 11) is 0. The van der Waals surface area contributed by atoms with Gasteiger partial charge in [-0.3, -0.25) is 14.2 Å². The number of hydrogen-bond acceptors (Lipinski definition) is 4. The predicted octanol–water partition coefficient (Wildman–Crippen LogP) is 5.63. The molecule has 0 aliphatic heterocycles. The number of nitrogens with zero attached hydrogens (tertiary/aromatic N) is 2. The van der Waals surface area contributed by atoms with Crippen molar-refractivity contribution in [3.05, 3.63) is 80.1 Å². The van der Waals surface area contributed by atoms with Crippen molar-refractivity contribution < 1.29 is 4.79 Å². The molecular formula is C22H17Cl2N3O2S. The molecule has 1 amide bonds. The first-order chi connectivity index (χ1) is 14.5. The van der Waals surface area contributed by atoms with Crippen molar-refractivity contribution in [2.75, 3.05) is 5.32 Å². The van der Waals surface area contributed by atoms with Crippen LogP contribution in [0.2, 0.25) is 10.0 Å². The van der Waals surface area contributed by atoms with E-state index in [2.05, 4.69) is 29.4 Å². The number of nitrogens with one attached hydrogen (secondary N) is 1. The van der Waals surface area contributed by atoms with Gasteiger partial charge in [0.2, 0.25) is 5.91 Å².